The van der Waals surface area contributed by atoms with Crippen molar-refractivity contribution < 1.29 is 5.11 Å². The second-order valence-corrected chi connectivity index (χ2v) is 6.97. The van der Waals surface area contributed by atoms with E-state index in [9.17, 15) is 0 Å². The monoisotopic (exact) mass is 304 g/mol. The summed E-state index contributed by atoms with van der Waals surface area (Å²) < 4.78 is 0.000802. The molecule has 1 aliphatic carbocycles. The van der Waals surface area contributed by atoms with Gasteiger partial charge in [0.25, 0.3) is 0 Å². The minimum absolute atomic E-state index is 0.000802. The molecule has 1 fully saturated rings. The molecule has 1 saturated carbocycles. The lowest BCUT2D eigenvalue weighted by Crippen LogP contribution is -1.92. The maximum absolute atomic E-state index is 8.92. The van der Waals surface area contributed by atoms with Gasteiger partial charge in [-0.2, -0.15) is 0 Å². The van der Waals surface area contributed by atoms with Gasteiger partial charge in [0.1, 0.15) is 0 Å². The van der Waals surface area contributed by atoms with Crippen molar-refractivity contribution in [2.24, 2.45) is 11.8 Å². The molecule has 0 aromatic rings. The molecular formula is C7H11Br2ClO. The molecule has 0 amide bonds. The summed E-state index contributed by atoms with van der Waals surface area (Å²) in [5.41, 5.74) is 0. The van der Waals surface area contributed by atoms with E-state index in [-0.39, 0.29) is 9.84 Å². The lowest BCUT2D eigenvalue weighted by atomic mass is 10.2. The van der Waals surface area contributed by atoms with E-state index in [2.05, 4.69) is 31.9 Å². The molecule has 4 heteroatoms. The number of halogens is 3. The zero-order chi connectivity index (χ0) is 8.48. The largest absolute Gasteiger partial charge is 0.396 e. The predicted octanol–water partition coefficient (Wildman–Crippen LogP) is 2.73. The van der Waals surface area contributed by atoms with Crippen molar-refractivity contribution in [3.8, 4) is 0 Å². The highest BCUT2D eigenvalue weighted by Gasteiger charge is 2.60. The molecule has 0 aliphatic heterocycles. The first-order chi connectivity index (χ1) is 5.14. The van der Waals surface area contributed by atoms with E-state index in [0.29, 0.717) is 17.7 Å². The van der Waals surface area contributed by atoms with E-state index < -0.39 is 0 Å². The summed E-state index contributed by atoms with van der Waals surface area (Å²) >= 11 is 12.6. The Morgan fingerprint density at radius 3 is 2.36 bits per heavy atom. The SMILES string of the molecule is OCC1C(CCCCl)C1(Br)Br. The molecule has 0 radical (unpaired) electrons. The number of aliphatic hydroxyl groups is 1. The molecule has 2 unspecified atom stereocenters. The van der Waals surface area contributed by atoms with Gasteiger partial charge in [0, 0.05) is 18.4 Å². The van der Waals surface area contributed by atoms with Crippen LogP contribution >= 0.6 is 43.5 Å². The van der Waals surface area contributed by atoms with Crippen LogP contribution in [0.3, 0.4) is 0 Å². The van der Waals surface area contributed by atoms with Crippen LogP contribution in [0.4, 0.5) is 0 Å². The molecule has 0 aromatic carbocycles. The maximum atomic E-state index is 8.92. The first kappa shape index (κ1) is 10.3. The van der Waals surface area contributed by atoms with E-state index >= 15 is 0 Å². The Bertz CT molecular complexity index is 140. The normalized spacial score (nSPS) is 33.8. The maximum Gasteiger partial charge on any atom is 0.0891 e. The summed E-state index contributed by atoms with van der Waals surface area (Å²) in [6.07, 6.45) is 2.12. The fourth-order valence-corrected chi connectivity index (χ4v) is 3.31. The first-order valence-electron chi connectivity index (χ1n) is 3.69. The molecule has 1 aliphatic rings. The predicted molar refractivity (Wildman–Crippen MR) is 54.6 cm³/mol. The average molecular weight is 306 g/mol. The number of hydrogen-bond donors (Lipinski definition) is 1. The van der Waals surface area contributed by atoms with E-state index in [0.717, 1.165) is 12.8 Å². The van der Waals surface area contributed by atoms with Crippen LogP contribution in [0.5, 0.6) is 0 Å². The second-order valence-electron chi connectivity index (χ2n) is 2.90. The summed E-state index contributed by atoms with van der Waals surface area (Å²) in [4.78, 5) is 0. The third-order valence-electron chi connectivity index (χ3n) is 2.21. The summed E-state index contributed by atoms with van der Waals surface area (Å²) in [5, 5.41) is 8.92. The summed E-state index contributed by atoms with van der Waals surface area (Å²) in [6, 6.07) is 0. The van der Waals surface area contributed by atoms with E-state index in [1.54, 1.807) is 0 Å². The lowest BCUT2D eigenvalue weighted by molar-refractivity contribution is 0.267. The van der Waals surface area contributed by atoms with Crippen LogP contribution in [0.2, 0.25) is 0 Å². The van der Waals surface area contributed by atoms with E-state index in [4.69, 9.17) is 16.7 Å². The average Bonchev–Trinajstić information content (AvgIpc) is 2.48. The van der Waals surface area contributed by atoms with Gasteiger partial charge in [-0.05, 0) is 18.8 Å². The topological polar surface area (TPSA) is 20.2 Å². The van der Waals surface area contributed by atoms with Gasteiger partial charge in [-0.1, -0.05) is 31.9 Å². The van der Waals surface area contributed by atoms with E-state index in [1.165, 1.54) is 0 Å². The molecular weight excluding hydrogens is 295 g/mol. The zero-order valence-electron chi connectivity index (χ0n) is 6.06. The fourth-order valence-electron chi connectivity index (χ4n) is 1.40. The summed E-state index contributed by atoms with van der Waals surface area (Å²) in [7, 11) is 0. The number of aliphatic hydroxyl groups excluding tert-OH is 1. The molecule has 0 saturated heterocycles. The smallest absolute Gasteiger partial charge is 0.0891 e. The van der Waals surface area contributed by atoms with Gasteiger partial charge in [-0.3, -0.25) is 0 Å². The summed E-state index contributed by atoms with van der Waals surface area (Å²) in [5.74, 6) is 1.63. The van der Waals surface area contributed by atoms with Gasteiger partial charge in [-0.25, -0.2) is 0 Å². The van der Waals surface area contributed by atoms with Gasteiger partial charge < -0.3 is 5.11 Å². The lowest BCUT2D eigenvalue weighted by Gasteiger charge is -1.95. The Labute approximate surface area is 88.8 Å². The molecule has 1 rings (SSSR count). The van der Waals surface area contributed by atoms with Crippen LogP contribution in [0.25, 0.3) is 0 Å². The Morgan fingerprint density at radius 2 is 2.00 bits per heavy atom. The van der Waals surface area contributed by atoms with Gasteiger partial charge in [0.2, 0.25) is 0 Å². The molecule has 0 spiro atoms. The number of alkyl halides is 3. The Balaban J connectivity index is 2.28. The van der Waals surface area contributed by atoms with Gasteiger partial charge in [0.15, 0.2) is 0 Å². The minimum Gasteiger partial charge on any atom is -0.396 e. The summed E-state index contributed by atoms with van der Waals surface area (Å²) in [6.45, 7) is 0.253. The van der Waals surface area contributed by atoms with Crippen LogP contribution in [-0.4, -0.2) is 20.8 Å². The van der Waals surface area contributed by atoms with Gasteiger partial charge in [-0.15, -0.1) is 11.6 Å². The highest BCUT2D eigenvalue weighted by atomic mass is 79.9. The quantitative estimate of drug-likeness (QED) is 0.792. The van der Waals surface area contributed by atoms with Crippen molar-refractivity contribution in [3.05, 3.63) is 0 Å². The Morgan fingerprint density at radius 1 is 1.36 bits per heavy atom. The van der Waals surface area contributed by atoms with Crippen molar-refractivity contribution in [2.75, 3.05) is 12.5 Å². The number of rotatable bonds is 4. The van der Waals surface area contributed by atoms with Crippen molar-refractivity contribution in [1.29, 1.82) is 0 Å². The van der Waals surface area contributed by atoms with Crippen molar-refractivity contribution in [1.82, 2.24) is 0 Å². The van der Waals surface area contributed by atoms with Crippen molar-refractivity contribution >= 4 is 43.5 Å². The molecule has 11 heavy (non-hydrogen) atoms. The fraction of sp³-hybridized carbons (Fsp3) is 1.00. The van der Waals surface area contributed by atoms with Crippen LogP contribution in [0, 0.1) is 11.8 Å². The Hall–Kier alpha value is 1.21. The van der Waals surface area contributed by atoms with Gasteiger partial charge >= 0.3 is 0 Å². The van der Waals surface area contributed by atoms with Crippen molar-refractivity contribution in [2.45, 2.75) is 16.1 Å². The highest BCUT2D eigenvalue weighted by molar-refractivity contribution is 9.25. The van der Waals surface area contributed by atoms with E-state index in [1.807, 2.05) is 0 Å². The van der Waals surface area contributed by atoms with Crippen molar-refractivity contribution in [3.63, 3.8) is 0 Å². The molecule has 66 valence electrons. The van der Waals surface area contributed by atoms with Crippen LogP contribution in [-0.2, 0) is 0 Å². The molecule has 1 nitrogen and oxygen atoms in total. The highest BCUT2D eigenvalue weighted by Crippen LogP contribution is 2.63. The molecule has 2 atom stereocenters. The number of hydrogen-bond acceptors (Lipinski definition) is 1. The second kappa shape index (κ2) is 3.95. The molecule has 0 heterocycles. The first-order valence-corrected chi connectivity index (χ1v) is 5.81. The molecule has 0 aromatic heterocycles. The van der Waals surface area contributed by atoms with Crippen LogP contribution in [0.1, 0.15) is 12.8 Å². The van der Waals surface area contributed by atoms with Gasteiger partial charge in [0.05, 0.1) is 3.23 Å². The minimum atomic E-state index is 0.000802. The molecule has 0 bridgehead atoms. The zero-order valence-corrected chi connectivity index (χ0v) is 9.99. The molecule has 1 N–H and O–H groups in total. The Kier molecular flexibility index (Phi) is 3.69. The standard InChI is InChI=1S/C7H11Br2ClO/c8-7(9)5(2-1-3-10)6(7)4-11/h5-6,11H,1-4H2. The third-order valence-corrected chi connectivity index (χ3v) is 4.83. The van der Waals surface area contributed by atoms with Crippen LogP contribution < -0.4 is 0 Å². The third kappa shape index (κ3) is 2.11. The van der Waals surface area contributed by atoms with Crippen LogP contribution in [0.15, 0.2) is 0 Å².